The minimum Gasteiger partial charge on any atom is -0.474 e. The van der Waals surface area contributed by atoms with Crippen molar-refractivity contribution in [1.82, 2.24) is 19.9 Å². The van der Waals surface area contributed by atoms with Crippen molar-refractivity contribution in [1.29, 1.82) is 0 Å². The first-order valence-electron chi connectivity index (χ1n) is 6.28. The van der Waals surface area contributed by atoms with E-state index in [0.29, 0.717) is 6.61 Å². The first kappa shape index (κ1) is 12.1. The zero-order chi connectivity index (χ0) is 13.1. The SMILES string of the molecule is Fc1cccnc1OC[C@H]1CCn2cncc2CN1. The number of aromatic nitrogens is 3. The van der Waals surface area contributed by atoms with Crippen LogP contribution in [0.3, 0.4) is 0 Å². The topological polar surface area (TPSA) is 52.0 Å². The summed E-state index contributed by atoms with van der Waals surface area (Å²) < 4.78 is 20.9. The first-order valence-corrected chi connectivity index (χ1v) is 6.28. The van der Waals surface area contributed by atoms with Crippen LogP contribution in [0.25, 0.3) is 0 Å². The zero-order valence-electron chi connectivity index (χ0n) is 10.4. The fourth-order valence-electron chi connectivity index (χ4n) is 2.14. The molecule has 6 heteroatoms. The van der Waals surface area contributed by atoms with Crippen LogP contribution < -0.4 is 10.1 Å². The molecule has 0 unspecified atom stereocenters. The minimum absolute atomic E-state index is 0.0647. The third-order valence-electron chi connectivity index (χ3n) is 3.23. The maximum absolute atomic E-state index is 13.4. The molecule has 1 aliphatic heterocycles. The highest BCUT2D eigenvalue weighted by atomic mass is 19.1. The summed E-state index contributed by atoms with van der Waals surface area (Å²) in [5.74, 6) is -0.360. The highest BCUT2D eigenvalue weighted by Crippen LogP contribution is 2.13. The molecule has 0 amide bonds. The van der Waals surface area contributed by atoms with Crippen LogP contribution in [0.5, 0.6) is 5.88 Å². The van der Waals surface area contributed by atoms with E-state index in [9.17, 15) is 4.39 Å². The molecule has 100 valence electrons. The van der Waals surface area contributed by atoms with Gasteiger partial charge in [-0.1, -0.05) is 0 Å². The summed E-state index contributed by atoms with van der Waals surface area (Å²) in [5, 5.41) is 3.38. The Morgan fingerprint density at radius 3 is 3.37 bits per heavy atom. The van der Waals surface area contributed by atoms with Gasteiger partial charge in [0.15, 0.2) is 5.82 Å². The quantitative estimate of drug-likeness (QED) is 0.907. The summed E-state index contributed by atoms with van der Waals surface area (Å²) >= 11 is 0. The summed E-state index contributed by atoms with van der Waals surface area (Å²) in [6.45, 7) is 2.05. The summed E-state index contributed by atoms with van der Waals surface area (Å²) in [6.07, 6.45) is 6.13. The molecular weight excluding hydrogens is 247 g/mol. The Labute approximate surface area is 110 Å². The smallest absolute Gasteiger partial charge is 0.250 e. The Bertz CT molecular complexity index is 535. The summed E-state index contributed by atoms with van der Waals surface area (Å²) in [5.41, 5.74) is 1.16. The molecule has 0 aromatic carbocycles. The van der Waals surface area contributed by atoms with Crippen LogP contribution in [-0.4, -0.2) is 27.2 Å². The number of fused-ring (bicyclic) bond motifs is 1. The van der Waals surface area contributed by atoms with Gasteiger partial charge in [-0.15, -0.1) is 0 Å². The summed E-state index contributed by atoms with van der Waals surface area (Å²) in [6, 6.07) is 3.08. The van der Waals surface area contributed by atoms with Crippen molar-refractivity contribution in [3.05, 3.63) is 42.4 Å². The molecule has 19 heavy (non-hydrogen) atoms. The Morgan fingerprint density at radius 1 is 1.53 bits per heavy atom. The lowest BCUT2D eigenvalue weighted by molar-refractivity contribution is 0.237. The molecule has 0 aliphatic carbocycles. The molecule has 0 saturated heterocycles. The number of halogens is 1. The van der Waals surface area contributed by atoms with Crippen molar-refractivity contribution < 1.29 is 9.13 Å². The van der Waals surface area contributed by atoms with E-state index < -0.39 is 5.82 Å². The Kier molecular flexibility index (Phi) is 3.41. The van der Waals surface area contributed by atoms with Crippen LogP contribution in [0, 0.1) is 5.82 Å². The van der Waals surface area contributed by atoms with E-state index >= 15 is 0 Å². The van der Waals surface area contributed by atoms with Gasteiger partial charge >= 0.3 is 0 Å². The Balaban J connectivity index is 1.57. The maximum atomic E-state index is 13.4. The van der Waals surface area contributed by atoms with Crippen molar-refractivity contribution in [2.24, 2.45) is 0 Å². The van der Waals surface area contributed by atoms with Crippen molar-refractivity contribution in [3.8, 4) is 5.88 Å². The number of nitrogens with one attached hydrogen (secondary N) is 1. The molecule has 1 atom stereocenters. The van der Waals surface area contributed by atoms with Gasteiger partial charge in [-0.05, 0) is 18.6 Å². The van der Waals surface area contributed by atoms with Crippen molar-refractivity contribution in [2.75, 3.05) is 6.61 Å². The third-order valence-corrected chi connectivity index (χ3v) is 3.23. The maximum Gasteiger partial charge on any atom is 0.250 e. The number of nitrogens with zero attached hydrogens (tertiary/aromatic N) is 3. The normalized spacial score (nSPS) is 18.7. The standard InChI is InChI=1S/C13H15FN4O/c14-12-2-1-4-16-13(12)19-8-10-3-5-18-9-15-6-11(18)7-17-10/h1-2,4,6,9-10,17H,3,5,7-8H2/t10-/m1/s1. The fourth-order valence-corrected chi connectivity index (χ4v) is 2.14. The molecule has 3 heterocycles. The van der Waals surface area contributed by atoms with E-state index in [1.54, 1.807) is 6.07 Å². The van der Waals surface area contributed by atoms with Gasteiger partial charge in [0.05, 0.1) is 12.0 Å². The molecule has 5 nitrogen and oxygen atoms in total. The average Bonchev–Trinajstić information content (AvgIpc) is 2.79. The van der Waals surface area contributed by atoms with Gasteiger partial charge in [-0.25, -0.2) is 14.4 Å². The van der Waals surface area contributed by atoms with Gasteiger partial charge < -0.3 is 14.6 Å². The number of pyridine rings is 1. The second-order valence-corrected chi connectivity index (χ2v) is 4.55. The fraction of sp³-hybridized carbons (Fsp3) is 0.385. The molecule has 0 radical (unpaired) electrons. The van der Waals surface area contributed by atoms with Crippen LogP contribution in [0.15, 0.2) is 30.9 Å². The van der Waals surface area contributed by atoms with Gasteiger partial charge in [-0.3, -0.25) is 0 Å². The van der Waals surface area contributed by atoms with Crippen LogP contribution in [0.1, 0.15) is 12.1 Å². The Morgan fingerprint density at radius 2 is 2.47 bits per heavy atom. The largest absolute Gasteiger partial charge is 0.474 e. The summed E-state index contributed by atoms with van der Waals surface area (Å²) in [7, 11) is 0. The van der Waals surface area contributed by atoms with E-state index in [1.165, 1.54) is 12.3 Å². The molecule has 2 aromatic rings. The second-order valence-electron chi connectivity index (χ2n) is 4.55. The lowest BCUT2D eigenvalue weighted by Gasteiger charge is -2.15. The van der Waals surface area contributed by atoms with Crippen LogP contribution >= 0.6 is 0 Å². The number of rotatable bonds is 3. The molecule has 1 aliphatic rings. The second kappa shape index (κ2) is 5.36. The first-order chi connectivity index (χ1) is 9.33. The lowest BCUT2D eigenvalue weighted by Crippen LogP contribution is -2.33. The van der Waals surface area contributed by atoms with Crippen LogP contribution in [-0.2, 0) is 13.1 Å². The van der Waals surface area contributed by atoms with Gasteiger partial charge in [-0.2, -0.15) is 0 Å². The predicted octanol–water partition coefficient (Wildman–Crippen LogP) is 1.36. The van der Waals surface area contributed by atoms with Crippen LogP contribution in [0.2, 0.25) is 0 Å². The minimum atomic E-state index is -0.424. The molecule has 3 rings (SSSR count). The molecule has 0 bridgehead atoms. The monoisotopic (exact) mass is 262 g/mol. The third kappa shape index (κ3) is 2.73. The van der Waals surface area contributed by atoms with E-state index in [4.69, 9.17) is 4.74 Å². The van der Waals surface area contributed by atoms with Gasteiger partial charge in [0.2, 0.25) is 5.88 Å². The average molecular weight is 262 g/mol. The summed E-state index contributed by atoms with van der Waals surface area (Å²) in [4.78, 5) is 7.98. The van der Waals surface area contributed by atoms with E-state index in [1.807, 2.05) is 12.5 Å². The van der Waals surface area contributed by atoms with Crippen molar-refractivity contribution in [2.45, 2.75) is 25.6 Å². The number of hydrogen-bond donors (Lipinski definition) is 1. The van der Waals surface area contributed by atoms with Crippen molar-refractivity contribution >= 4 is 0 Å². The van der Waals surface area contributed by atoms with Gasteiger partial charge in [0, 0.05) is 31.5 Å². The van der Waals surface area contributed by atoms with Crippen molar-refractivity contribution in [3.63, 3.8) is 0 Å². The molecule has 1 N–H and O–H groups in total. The van der Waals surface area contributed by atoms with Gasteiger partial charge in [0.1, 0.15) is 6.61 Å². The number of imidazole rings is 1. The highest BCUT2D eigenvalue weighted by Gasteiger charge is 2.16. The van der Waals surface area contributed by atoms with Crippen LogP contribution in [0.4, 0.5) is 4.39 Å². The zero-order valence-corrected chi connectivity index (χ0v) is 10.4. The Hall–Kier alpha value is -1.95. The molecule has 0 spiro atoms. The van der Waals surface area contributed by atoms with E-state index in [0.717, 1.165) is 25.2 Å². The van der Waals surface area contributed by atoms with E-state index in [2.05, 4.69) is 19.9 Å². The molecule has 2 aromatic heterocycles. The van der Waals surface area contributed by atoms with Gasteiger partial charge in [0.25, 0.3) is 0 Å². The number of aryl methyl sites for hydroxylation is 1. The predicted molar refractivity (Wildman–Crippen MR) is 67.2 cm³/mol. The number of ether oxygens (including phenoxy) is 1. The van der Waals surface area contributed by atoms with E-state index in [-0.39, 0.29) is 11.9 Å². The molecular formula is C13H15FN4O. The lowest BCUT2D eigenvalue weighted by atomic mass is 10.2. The molecule has 0 saturated carbocycles. The molecule has 0 fully saturated rings. The number of hydrogen-bond acceptors (Lipinski definition) is 4. The highest BCUT2D eigenvalue weighted by molar-refractivity contribution is 5.12.